The van der Waals surface area contributed by atoms with E-state index in [1.807, 2.05) is 17.9 Å². The molecule has 2 aromatic carbocycles. The van der Waals surface area contributed by atoms with Crippen molar-refractivity contribution in [3.63, 3.8) is 0 Å². The summed E-state index contributed by atoms with van der Waals surface area (Å²) in [6.07, 6.45) is 3.32. The van der Waals surface area contributed by atoms with Gasteiger partial charge in [0.25, 0.3) is 0 Å². The third kappa shape index (κ3) is 4.57. The SMILES string of the molecule is COc1c(OS(=O)(=O)c2cccc(N)c2Cl)cc(C)cc1C1CCN(C=NN)CC1. The van der Waals surface area contributed by atoms with Gasteiger partial charge in [-0.1, -0.05) is 23.7 Å². The number of likely N-dealkylation sites (tertiary alicyclic amines) is 1. The van der Waals surface area contributed by atoms with E-state index < -0.39 is 10.1 Å². The maximum atomic E-state index is 12.9. The average Bonchev–Trinajstić information content (AvgIpc) is 2.70. The van der Waals surface area contributed by atoms with Crippen molar-refractivity contribution in [2.45, 2.75) is 30.6 Å². The van der Waals surface area contributed by atoms with Crippen LogP contribution < -0.4 is 20.5 Å². The van der Waals surface area contributed by atoms with Gasteiger partial charge in [-0.25, -0.2) is 0 Å². The van der Waals surface area contributed by atoms with Gasteiger partial charge in [-0.2, -0.15) is 13.5 Å². The summed E-state index contributed by atoms with van der Waals surface area (Å²) in [4.78, 5) is 1.85. The summed E-state index contributed by atoms with van der Waals surface area (Å²) in [7, 11) is -2.71. The Morgan fingerprint density at radius 2 is 1.97 bits per heavy atom. The predicted molar refractivity (Wildman–Crippen MR) is 118 cm³/mol. The number of nitrogen functional groups attached to an aromatic ring is 1. The van der Waals surface area contributed by atoms with Crippen LogP contribution in [0.4, 0.5) is 5.69 Å². The number of anilines is 1. The maximum absolute atomic E-state index is 12.9. The number of nitrogens with zero attached hydrogens (tertiary/aromatic N) is 2. The largest absolute Gasteiger partial charge is 0.492 e. The number of benzene rings is 2. The molecule has 0 aliphatic carbocycles. The molecule has 2 aromatic rings. The van der Waals surface area contributed by atoms with Crippen LogP contribution >= 0.6 is 11.6 Å². The lowest BCUT2D eigenvalue weighted by atomic mass is 9.88. The average molecular weight is 453 g/mol. The molecule has 30 heavy (non-hydrogen) atoms. The molecule has 0 spiro atoms. The van der Waals surface area contributed by atoms with Crippen molar-refractivity contribution in [3.05, 3.63) is 46.5 Å². The Hall–Kier alpha value is -2.65. The van der Waals surface area contributed by atoms with Crippen LogP contribution in [0, 0.1) is 6.92 Å². The number of hydrogen-bond donors (Lipinski definition) is 2. The third-order valence-electron chi connectivity index (χ3n) is 5.09. The molecule has 3 rings (SSSR count). The van der Waals surface area contributed by atoms with Crippen LogP contribution in [0.3, 0.4) is 0 Å². The normalized spacial score (nSPS) is 15.5. The lowest BCUT2D eigenvalue weighted by Crippen LogP contribution is -2.32. The van der Waals surface area contributed by atoms with E-state index in [-0.39, 0.29) is 27.3 Å². The monoisotopic (exact) mass is 452 g/mol. The molecule has 0 amide bonds. The molecule has 0 saturated carbocycles. The van der Waals surface area contributed by atoms with Crippen LogP contribution in [0.15, 0.2) is 40.3 Å². The predicted octanol–water partition coefficient (Wildman–Crippen LogP) is 3.09. The van der Waals surface area contributed by atoms with E-state index >= 15 is 0 Å². The first-order chi connectivity index (χ1) is 14.3. The Kier molecular flexibility index (Phi) is 6.62. The topological polar surface area (TPSA) is 120 Å². The third-order valence-corrected chi connectivity index (χ3v) is 6.91. The van der Waals surface area contributed by atoms with Crippen LogP contribution in [-0.2, 0) is 10.1 Å². The van der Waals surface area contributed by atoms with Crippen LogP contribution in [0.2, 0.25) is 5.02 Å². The number of methoxy groups -OCH3 is 1. The maximum Gasteiger partial charge on any atom is 0.340 e. The highest BCUT2D eigenvalue weighted by Gasteiger charge is 2.28. The number of ether oxygens (including phenoxy) is 1. The molecular formula is C20H25ClN4O4S. The van der Waals surface area contributed by atoms with Crippen molar-refractivity contribution in [3.8, 4) is 11.5 Å². The van der Waals surface area contributed by atoms with E-state index in [0.717, 1.165) is 37.1 Å². The zero-order valence-electron chi connectivity index (χ0n) is 16.8. The fourth-order valence-corrected chi connectivity index (χ4v) is 5.10. The Balaban J connectivity index is 1.95. The van der Waals surface area contributed by atoms with E-state index in [2.05, 4.69) is 5.10 Å². The van der Waals surface area contributed by atoms with E-state index in [0.29, 0.717) is 5.75 Å². The first-order valence-electron chi connectivity index (χ1n) is 9.41. The van der Waals surface area contributed by atoms with Gasteiger partial charge in [0.05, 0.1) is 17.8 Å². The molecule has 0 bridgehead atoms. The van der Waals surface area contributed by atoms with Crippen molar-refractivity contribution >= 4 is 33.7 Å². The van der Waals surface area contributed by atoms with E-state index in [4.69, 9.17) is 32.1 Å². The van der Waals surface area contributed by atoms with E-state index in [9.17, 15) is 8.42 Å². The lowest BCUT2D eigenvalue weighted by molar-refractivity contribution is 0.311. The fraction of sp³-hybridized carbons (Fsp3) is 0.350. The van der Waals surface area contributed by atoms with Gasteiger partial charge in [0, 0.05) is 18.7 Å². The van der Waals surface area contributed by atoms with E-state index in [1.54, 1.807) is 12.4 Å². The Labute approximate surface area is 181 Å². The molecule has 1 fully saturated rings. The van der Waals surface area contributed by atoms with Gasteiger partial charge in [-0.15, -0.1) is 0 Å². The molecule has 1 aliphatic rings. The van der Waals surface area contributed by atoms with Crippen LogP contribution in [0.25, 0.3) is 0 Å². The summed E-state index contributed by atoms with van der Waals surface area (Å²) in [5.41, 5.74) is 7.68. The minimum Gasteiger partial charge on any atom is -0.492 e. The zero-order valence-corrected chi connectivity index (χ0v) is 18.4. The summed E-state index contributed by atoms with van der Waals surface area (Å²) in [6.45, 7) is 3.46. The Morgan fingerprint density at radius 1 is 1.27 bits per heavy atom. The molecule has 0 unspecified atom stereocenters. The lowest BCUT2D eigenvalue weighted by Gasteiger charge is -2.31. The number of hydrazone groups is 1. The van der Waals surface area contributed by atoms with Crippen molar-refractivity contribution in [1.29, 1.82) is 0 Å². The van der Waals surface area contributed by atoms with Crippen molar-refractivity contribution < 1.29 is 17.3 Å². The summed E-state index contributed by atoms with van der Waals surface area (Å²) >= 11 is 6.10. The smallest absolute Gasteiger partial charge is 0.340 e. The van der Waals surface area contributed by atoms with Gasteiger partial charge in [0.15, 0.2) is 11.5 Å². The summed E-state index contributed by atoms with van der Waals surface area (Å²) in [6, 6.07) is 8.02. The number of hydrogen-bond acceptors (Lipinski definition) is 7. The standard InChI is InChI=1S/C20H25ClN4O4S/c1-13-10-15(14-6-8-25(9-7-14)12-24-23)20(28-2)17(11-13)29-30(26,27)18-5-3-4-16(22)19(18)21/h3-5,10-12,14H,6-9,22-23H2,1-2H3. The highest BCUT2D eigenvalue weighted by molar-refractivity contribution is 7.87. The second-order valence-electron chi connectivity index (χ2n) is 7.16. The minimum absolute atomic E-state index is 0.0710. The van der Waals surface area contributed by atoms with Gasteiger partial charge in [0.1, 0.15) is 11.2 Å². The zero-order chi connectivity index (χ0) is 21.9. The number of halogens is 1. The molecular weight excluding hydrogens is 428 g/mol. The van der Waals surface area contributed by atoms with Crippen molar-refractivity contribution in [1.82, 2.24) is 4.90 Å². The highest BCUT2D eigenvalue weighted by atomic mass is 35.5. The van der Waals surface area contributed by atoms with E-state index in [1.165, 1.54) is 25.3 Å². The number of rotatable bonds is 6. The fourth-order valence-electron chi connectivity index (χ4n) is 3.65. The van der Waals surface area contributed by atoms with Gasteiger partial charge in [0.2, 0.25) is 0 Å². The molecule has 8 nitrogen and oxygen atoms in total. The second-order valence-corrected chi connectivity index (χ2v) is 9.05. The molecule has 1 heterocycles. The first kappa shape index (κ1) is 22.0. The van der Waals surface area contributed by atoms with Crippen molar-refractivity contribution in [2.75, 3.05) is 25.9 Å². The van der Waals surface area contributed by atoms with Gasteiger partial charge >= 0.3 is 10.1 Å². The molecule has 0 aromatic heterocycles. The molecule has 0 atom stereocenters. The highest BCUT2D eigenvalue weighted by Crippen LogP contribution is 2.42. The molecule has 1 saturated heterocycles. The second kappa shape index (κ2) is 9.01. The summed E-state index contributed by atoms with van der Waals surface area (Å²) in [5.74, 6) is 5.94. The van der Waals surface area contributed by atoms with Gasteiger partial charge < -0.3 is 25.4 Å². The van der Waals surface area contributed by atoms with Crippen LogP contribution in [-0.4, -0.2) is 39.9 Å². The molecule has 1 aliphatic heterocycles. The Morgan fingerprint density at radius 3 is 2.60 bits per heavy atom. The van der Waals surface area contributed by atoms with Crippen molar-refractivity contribution in [2.24, 2.45) is 10.9 Å². The molecule has 0 radical (unpaired) electrons. The van der Waals surface area contributed by atoms with Gasteiger partial charge in [-0.05, 0) is 49.4 Å². The molecule has 10 heteroatoms. The van der Waals surface area contributed by atoms with Gasteiger partial charge in [-0.3, -0.25) is 0 Å². The Bertz CT molecular complexity index is 1050. The number of piperidine rings is 1. The minimum atomic E-state index is -4.21. The number of nitrogens with two attached hydrogens (primary N) is 2. The van der Waals surface area contributed by atoms with Crippen LogP contribution in [0.5, 0.6) is 11.5 Å². The first-order valence-corrected chi connectivity index (χ1v) is 11.2. The van der Waals surface area contributed by atoms with Crippen LogP contribution in [0.1, 0.15) is 29.9 Å². The quantitative estimate of drug-likeness (QED) is 0.172. The molecule has 4 N–H and O–H groups in total. The summed E-state index contributed by atoms with van der Waals surface area (Å²) < 4.78 is 36.9. The molecule has 162 valence electrons. The number of aryl methyl sites for hydroxylation is 1. The summed E-state index contributed by atoms with van der Waals surface area (Å²) in [5, 5.41) is 3.50.